The fourth-order valence-electron chi connectivity index (χ4n) is 1.67. The molecule has 0 heterocycles. The van der Waals surface area contributed by atoms with Crippen molar-refractivity contribution in [3.63, 3.8) is 0 Å². The minimum absolute atomic E-state index is 0.0346. The molecule has 0 aliphatic carbocycles. The molecule has 5 N–H and O–H groups in total. The summed E-state index contributed by atoms with van der Waals surface area (Å²) in [5, 5.41) is 17.6. The van der Waals surface area contributed by atoms with E-state index in [0.717, 1.165) is 5.56 Å². The summed E-state index contributed by atoms with van der Waals surface area (Å²) in [6.45, 7) is 6.18. The van der Waals surface area contributed by atoms with E-state index in [-0.39, 0.29) is 23.8 Å². The number of hydrogen-bond donors (Lipinski definition) is 4. The number of nitrogens with one attached hydrogen (secondary N) is 2. The van der Waals surface area contributed by atoms with Crippen LogP contribution in [0.25, 0.3) is 0 Å². The highest BCUT2D eigenvalue weighted by Gasteiger charge is 2.12. The molecule has 1 amide bonds. The van der Waals surface area contributed by atoms with Crippen LogP contribution in [-0.2, 0) is 11.3 Å². The number of carbonyl (C=O) groups is 1. The van der Waals surface area contributed by atoms with Gasteiger partial charge in [0.15, 0.2) is 5.84 Å². The molecule has 0 aromatic heterocycles. The van der Waals surface area contributed by atoms with Crippen molar-refractivity contribution in [3.05, 3.63) is 35.4 Å². The van der Waals surface area contributed by atoms with Crippen molar-refractivity contribution < 1.29 is 10.0 Å². The van der Waals surface area contributed by atoms with Crippen molar-refractivity contribution in [3.8, 4) is 0 Å². The second-order valence-corrected chi connectivity index (χ2v) is 4.95. The lowest BCUT2D eigenvalue weighted by Crippen LogP contribution is -2.44. The third-order valence-electron chi connectivity index (χ3n) is 2.77. The van der Waals surface area contributed by atoms with Gasteiger partial charge in [-0.3, -0.25) is 4.79 Å². The Morgan fingerprint density at radius 2 is 2.10 bits per heavy atom. The van der Waals surface area contributed by atoms with Crippen molar-refractivity contribution >= 4 is 11.7 Å². The minimum Gasteiger partial charge on any atom is -0.409 e. The van der Waals surface area contributed by atoms with E-state index < -0.39 is 0 Å². The van der Waals surface area contributed by atoms with Crippen LogP contribution < -0.4 is 16.4 Å². The van der Waals surface area contributed by atoms with Gasteiger partial charge in [0.05, 0.1) is 6.04 Å². The van der Waals surface area contributed by atoms with Crippen LogP contribution in [0.15, 0.2) is 29.4 Å². The number of amidine groups is 1. The molecule has 1 atom stereocenters. The summed E-state index contributed by atoms with van der Waals surface area (Å²) >= 11 is 0. The van der Waals surface area contributed by atoms with Gasteiger partial charge in [-0.1, -0.05) is 23.4 Å². The summed E-state index contributed by atoms with van der Waals surface area (Å²) in [5.41, 5.74) is 7.14. The van der Waals surface area contributed by atoms with Gasteiger partial charge in [0.1, 0.15) is 0 Å². The summed E-state index contributed by atoms with van der Waals surface area (Å²) in [6.07, 6.45) is 0. The first-order valence-corrected chi connectivity index (χ1v) is 6.54. The van der Waals surface area contributed by atoms with E-state index in [1.165, 1.54) is 0 Å². The standard InChI is InChI=1S/C14H22N4O2/c1-9(2)17-14(19)10(3)16-8-11-5-4-6-12(7-11)13(15)18-20/h4-7,9-10,16,20H,8H2,1-3H3,(H2,15,18)(H,17,19). The average Bonchev–Trinajstić information content (AvgIpc) is 2.43. The largest absolute Gasteiger partial charge is 0.409 e. The molecule has 0 bridgehead atoms. The molecule has 0 spiro atoms. The lowest BCUT2D eigenvalue weighted by Gasteiger charge is -2.16. The summed E-state index contributed by atoms with van der Waals surface area (Å²) in [7, 11) is 0. The Bertz CT molecular complexity index is 486. The Kier molecular flexibility index (Phi) is 5.99. The molecule has 6 nitrogen and oxygen atoms in total. The lowest BCUT2D eigenvalue weighted by molar-refractivity contribution is -0.123. The third kappa shape index (κ3) is 4.89. The fourth-order valence-corrected chi connectivity index (χ4v) is 1.67. The van der Waals surface area contributed by atoms with Gasteiger partial charge in [-0.15, -0.1) is 0 Å². The van der Waals surface area contributed by atoms with E-state index in [2.05, 4.69) is 15.8 Å². The normalized spacial score (nSPS) is 13.3. The maximum atomic E-state index is 11.8. The zero-order valence-electron chi connectivity index (χ0n) is 12.1. The Morgan fingerprint density at radius 1 is 1.40 bits per heavy atom. The van der Waals surface area contributed by atoms with E-state index in [1.54, 1.807) is 6.07 Å². The predicted molar refractivity (Wildman–Crippen MR) is 78.5 cm³/mol. The number of nitrogens with two attached hydrogens (primary N) is 1. The van der Waals surface area contributed by atoms with Crippen molar-refractivity contribution in [1.29, 1.82) is 0 Å². The molecular weight excluding hydrogens is 256 g/mol. The van der Waals surface area contributed by atoms with Crippen LogP contribution in [0.5, 0.6) is 0 Å². The molecule has 0 saturated heterocycles. The van der Waals surface area contributed by atoms with Gasteiger partial charge in [-0.2, -0.15) is 0 Å². The number of amides is 1. The van der Waals surface area contributed by atoms with Gasteiger partial charge in [0.25, 0.3) is 0 Å². The highest BCUT2D eigenvalue weighted by atomic mass is 16.4. The Hall–Kier alpha value is -2.08. The molecule has 1 unspecified atom stereocenters. The predicted octanol–water partition coefficient (Wildman–Crippen LogP) is 0.784. The van der Waals surface area contributed by atoms with E-state index in [1.807, 2.05) is 39.0 Å². The molecule has 0 aliphatic rings. The van der Waals surface area contributed by atoms with Crippen LogP contribution in [0.3, 0.4) is 0 Å². The zero-order valence-corrected chi connectivity index (χ0v) is 12.1. The van der Waals surface area contributed by atoms with Gasteiger partial charge in [-0.25, -0.2) is 0 Å². The Labute approximate surface area is 119 Å². The molecule has 20 heavy (non-hydrogen) atoms. The van der Waals surface area contributed by atoms with E-state index in [4.69, 9.17) is 10.9 Å². The Balaban J connectivity index is 2.59. The van der Waals surface area contributed by atoms with Crippen LogP contribution >= 0.6 is 0 Å². The second-order valence-electron chi connectivity index (χ2n) is 4.95. The zero-order chi connectivity index (χ0) is 15.1. The first kappa shape index (κ1) is 16.0. The highest BCUT2D eigenvalue weighted by molar-refractivity contribution is 5.97. The topological polar surface area (TPSA) is 99.7 Å². The van der Waals surface area contributed by atoms with Gasteiger partial charge in [-0.05, 0) is 32.4 Å². The van der Waals surface area contributed by atoms with Crippen molar-refractivity contribution in [1.82, 2.24) is 10.6 Å². The summed E-state index contributed by atoms with van der Waals surface area (Å²) < 4.78 is 0. The van der Waals surface area contributed by atoms with Gasteiger partial charge in [0, 0.05) is 18.2 Å². The van der Waals surface area contributed by atoms with Gasteiger partial charge < -0.3 is 21.6 Å². The maximum absolute atomic E-state index is 11.8. The summed E-state index contributed by atoms with van der Waals surface area (Å²) in [4.78, 5) is 11.8. The first-order chi connectivity index (χ1) is 9.43. The molecule has 0 saturated carbocycles. The molecule has 0 aliphatic heterocycles. The van der Waals surface area contributed by atoms with Crippen LogP contribution in [0.1, 0.15) is 31.9 Å². The number of hydrogen-bond acceptors (Lipinski definition) is 4. The molecule has 6 heteroatoms. The molecular formula is C14H22N4O2. The molecule has 110 valence electrons. The number of benzene rings is 1. The van der Waals surface area contributed by atoms with Crippen LogP contribution in [0.2, 0.25) is 0 Å². The van der Waals surface area contributed by atoms with Crippen LogP contribution in [0.4, 0.5) is 0 Å². The maximum Gasteiger partial charge on any atom is 0.237 e. The number of rotatable bonds is 6. The van der Waals surface area contributed by atoms with Crippen molar-refractivity contribution in [2.24, 2.45) is 10.9 Å². The smallest absolute Gasteiger partial charge is 0.237 e. The molecule has 1 aromatic rings. The molecule has 0 radical (unpaired) electrons. The van der Waals surface area contributed by atoms with Crippen molar-refractivity contribution in [2.45, 2.75) is 39.4 Å². The van der Waals surface area contributed by atoms with E-state index >= 15 is 0 Å². The third-order valence-corrected chi connectivity index (χ3v) is 2.77. The van der Waals surface area contributed by atoms with E-state index in [0.29, 0.717) is 12.1 Å². The van der Waals surface area contributed by atoms with Crippen molar-refractivity contribution in [2.75, 3.05) is 0 Å². The lowest BCUT2D eigenvalue weighted by atomic mass is 10.1. The fraction of sp³-hybridized carbons (Fsp3) is 0.429. The van der Waals surface area contributed by atoms with Gasteiger partial charge >= 0.3 is 0 Å². The van der Waals surface area contributed by atoms with Crippen LogP contribution in [-0.4, -0.2) is 29.0 Å². The van der Waals surface area contributed by atoms with Crippen LogP contribution in [0, 0.1) is 0 Å². The first-order valence-electron chi connectivity index (χ1n) is 6.54. The number of nitrogens with zero attached hydrogens (tertiary/aromatic N) is 1. The Morgan fingerprint density at radius 3 is 2.70 bits per heavy atom. The van der Waals surface area contributed by atoms with Gasteiger partial charge in [0.2, 0.25) is 5.91 Å². The molecule has 1 aromatic carbocycles. The summed E-state index contributed by atoms with van der Waals surface area (Å²) in [6, 6.07) is 7.14. The molecule has 0 fully saturated rings. The highest BCUT2D eigenvalue weighted by Crippen LogP contribution is 2.05. The monoisotopic (exact) mass is 278 g/mol. The molecule has 1 rings (SSSR count). The minimum atomic E-state index is -0.287. The summed E-state index contributed by atoms with van der Waals surface area (Å²) in [5.74, 6) is 0.0324. The quantitative estimate of drug-likeness (QED) is 0.267. The second kappa shape index (κ2) is 7.49. The number of oxime groups is 1. The average molecular weight is 278 g/mol. The SMILES string of the molecule is CC(C)NC(=O)C(C)NCc1cccc(/C(N)=N/O)c1. The number of carbonyl (C=O) groups excluding carboxylic acids is 1. The van der Waals surface area contributed by atoms with E-state index in [9.17, 15) is 4.79 Å².